The molecule has 0 saturated heterocycles. The lowest BCUT2D eigenvalue weighted by atomic mass is 9.77. The normalized spacial score (nSPS) is 17.9. The van der Waals surface area contributed by atoms with E-state index in [1.54, 1.807) is 12.1 Å². The Hall–Kier alpha value is -3.37. The predicted octanol–water partition coefficient (Wildman–Crippen LogP) is 5.75. The first-order chi connectivity index (χ1) is 16.4. The largest absolute Gasteiger partial charge is 0.352 e. The fourth-order valence-electron chi connectivity index (χ4n) is 4.46. The third kappa shape index (κ3) is 4.92. The van der Waals surface area contributed by atoms with E-state index < -0.39 is 5.92 Å². The topological polar surface area (TPSA) is 82.0 Å². The number of halogens is 1. The number of amides is 1. The molecule has 0 spiro atoms. The molecule has 1 heterocycles. The molecule has 1 aliphatic heterocycles. The highest BCUT2D eigenvalue weighted by molar-refractivity contribution is 8.03. The van der Waals surface area contributed by atoms with Crippen LogP contribution < -0.4 is 10.6 Å². The number of benzene rings is 2. The second kappa shape index (κ2) is 10.3. The van der Waals surface area contributed by atoms with E-state index in [1.165, 1.54) is 23.9 Å². The van der Waals surface area contributed by atoms with Crippen molar-refractivity contribution in [3.8, 4) is 6.07 Å². The Morgan fingerprint density at radius 3 is 2.65 bits per heavy atom. The maximum atomic E-state index is 13.6. The lowest BCUT2D eigenvalue weighted by molar-refractivity contribution is -0.116. The second-order valence-electron chi connectivity index (χ2n) is 8.71. The Labute approximate surface area is 203 Å². The zero-order chi connectivity index (χ0) is 24.2. The molecule has 0 bridgehead atoms. The van der Waals surface area contributed by atoms with Gasteiger partial charge in [0.1, 0.15) is 5.82 Å². The summed E-state index contributed by atoms with van der Waals surface area (Å²) in [5.74, 6) is -0.751. The number of allylic oxidation sites excluding steroid dienone is 3. The molecular weight excluding hydrogens is 449 g/mol. The molecule has 0 fully saturated rings. The molecule has 4 rings (SSSR count). The minimum absolute atomic E-state index is 0.00269. The lowest BCUT2D eigenvalue weighted by Crippen LogP contribution is -2.31. The van der Waals surface area contributed by atoms with Gasteiger partial charge in [-0.05, 0) is 48.1 Å². The molecule has 7 heteroatoms. The first-order valence-electron chi connectivity index (χ1n) is 11.3. The number of rotatable bonds is 6. The van der Waals surface area contributed by atoms with Crippen molar-refractivity contribution in [3.63, 3.8) is 0 Å². The summed E-state index contributed by atoms with van der Waals surface area (Å²) in [6.45, 7) is 4.14. The molecule has 1 aliphatic carbocycles. The van der Waals surface area contributed by atoms with E-state index in [0.717, 1.165) is 23.4 Å². The van der Waals surface area contributed by atoms with Gasteiger partial charge in [0, 0.05) is 23.4 Å². The summed E-state index contributed by atoms with van der Waals surface area (Å²) in [7, 11) is 0. The van der Waals surface area contributed by atoms with Crippen LogP contribution in [0.25, 0.3) is 0 Å². The third-order valence-corrected chi connectivity index (χ3v) is 7.09. The lowest BCUT2D eigenvalue weighted by Gasteiger charge is -2.33. The van der Waals surface area contributed by atoms with E-state index in [9.17, 15) is 19.2 Å². The number of ketones is 1. The first kappa shape index (κ1) is 23.8. The number of nitrogens with zero attached hydrogens (tertiary/aromatic N) is 1. The fraction of sp³-hybridized carbons (Fsp3) is 0.296. The van der Waals surface area contributed by atoms with E-state index in [1.807, 2.05) is 24.3 Å². The summed E-state index contributed by atoms with van der Waals surface area (Å²) in [5, 5.41) is 16.9. The number of dihydropyridines is 1. The molecule has 0 unspecified atom stereocenters. The Balaban J connectivity index is 1.60. The van der Waals surface area contributed by atoms with Crippen LogP contribution in [0.2, 0.25) is 0 Å². The second-order valence-corrected chi connectivity index (χ2v) is 9.70. The highest BCUT2D eigenvalue weighted by Crippen LogP contribution is 2.44. The Morgan fingerprint density at radius 1 is 1.21 bits per heavy atom. The fourth-order valence-corrected chi connectivity index (χ4v) is 5.33. The van der Waals surface area contributed by atoms with Crippen LogP contribution in [-0.2, 0) is 9.59 Å². The average molecular weight is 476 g/mol. The number of anilines is 1. The maximum Gasteiger partial charge on any atom is 0.234 e. The molecule has 5 nitrogen and oxygen atoms in total. The van der Waals surface area contributed by atoms with Gasteiger partial charge in [-0.3, -0.25) is 9.59 Å². The van der Waals surface area contributed by atoms with Crippen molar-refractivity contribution in [1.82, 2.24) is 5.32 Å². The van der Waals surface area contributed by atoms with Gasteiger partial charge in [-0.2, -0.15) is 5.26 Å². The van der Waals surface area contributed by atoms with Crippen molar-refractivity contribution in [3.05, 3.63) is 87.3 Å². The van der Waals surface area contributed by atoms with Crippen LogP contribution in [-0.4, -0.2) is 17.4 Å². The van der Waals surface area contributed by atoms with E-state index in [2.05, 4.69) is 30.6 Å². The summed E-state index contributed by atoms with van der Waals surface area (Å²) >= 11 is 1.24. The minimum atomic E-state index is -0.568. The smallest absolute Gasteiger partial charge is 0.234 e. The van der Waals surface area contributed by atoms with Gasteiger partial charge < -0.3 is 10.6 Å². The van der Waals surface area contributed by atoms with Gasteiger partial charge in [0.25, 0.3) is 0 Å². The van der Waals surface area contributed by atoms with Crippen LogP contribution in [0.1, 0.15) is 56.1 Å². The van der Waals surface area contributed by atoms with E-state index in [0.29, 0.717) is 34.6 Å². The number of hydrogen-bond acceptors (Lipinski definition) is 5. The van der Waals surface area contributed by atoms with Crippen LogP contribution in [0.4, 0.5) is 10.1 Å². The van der Waals surface area contributed by atoms with Gasteiger partial charge in [0.2, 0.25) is 5.91 Å². The number of hydrogen-bond donors (Lipinski definition) is 2. The van der Waals surface area contributed by atoms with Crippen LogP contribution in [0.5, 0.6) is 0 Å². The van der Waals surface area contributed by atoms with Gasteiger partial charge in [0.05, 0.1) is 28.3 Å². The van der Waals surface area contributed by atoms with E-state index >= 15 is 0 Å². The van der Waals surface area contributed by atoms with Crippen LogP contribution >= 0.6 is 11.8 Å². The number of carbonyl (C=O) groups is 2. The number of para-hydroxylation sites is 1. The van der Waals surface area contributed by atoms with Gasteiger partial charge in [-0.1, -0.05) is 55.9 Å². The number of carbonyl (C=O) groups excluding carboxylic acids is 2. The van der Waals surface area contributed by atoms with Crippen molar-refractivity contribution in [2.24, 2.45) is 0 Å². The average Bonchev–Trinajstić information content (AvgIpc) is 2.82. The van der Waals surface area contributed by atoms with E-state index in [4.69, 9.17) is 0 Å². The molecular formula is C27H26FN3O2S. The first-order valence-corrected chi connectivity index (χ1v) is 12.3. The molecule has 1 atom stereocenters. The number of nitriles is 1. The van der Waals surface area contributed by atoms with Crippen LogP contribution in [0, 0.1) is 17.1 Å². The van der Waals surface area contributed by atoms with Crippen molar-refractivity contribution < 1.29 is 14.0 Å². The van der Waals surface area contributed by atoms with Crippen LogP contribution in [0.3, 0.4) is 0 Å². The Kier molecular flexibility index (Phi) is 7.18. The summed E-state index contributed by atoms with van der Waals surface area (Å²) in [6.07, 6.45) is 1.85. The summed E-state index contributed by atoms with van der Waals surface area (Å²) in [6, 6.07) is 15.9. The highest BCUT2D eigenvalue weighted by atomic mass is 32.2. The molecule has 0 radical (unpaired) electrons. The monoisotopic (exact) mass is 475 g/mol. The van der Waals surface area contributed by atoms with Gasteiger partial charge in [0.15, 0.2) is 5.78 Å². The molecule has 2 aliphatic rings. The number of nitrogens with one attached hydrogen (secondary N) is 2. The summed E-state index contributed by atoms with van der Waals surface area (Å²) in [5.41, 5.74) is 4.27. The Bertz CT molecular complexity index is 1230. The standard InChI is InChI=1S/C27H26FN3O2S/c1-16(2)19-6-3-4-7-21(19)30-24(33)15-34-27-20(14-29)25(17-10-12-18(28)13-11-17)26-22(31-27)8-5-9-23(26)32/h3-4,6-7,10-13,16,25,31H,5,8-9,15H2,1-2H3,(H,30,33)/t25-/m1/s1. The molecule has 2 N–H and O–H groups in total. The minimum Gasteiger partial charge on any atom is -0.352 e. The molecule has 0 saturated carbocycles. The molecule has 34 heavy (non-hydrogen) atoms. The molecule has 2 aromatic rings. The number of thioether (sulfide) groups is 1. The van der Waals surface area contributed by atoms with Crippen molar-refractivity contribution in [1.29, 1.82) is 5.26 Å². The predicted molar refractivity (Wildman–Crippen MR) is 132 cm³/mol. The van der Waals surface area contributed by atoms with E-state index in [-0.39, 0.29) is 29.2 Å². The van der Waals surface area contributed by atoms with Gasteiger partial charge in [-0.25, -0.2) is 4.39 Å². The SMILES string of the molecule is CC(C)c1ccccc1NC(=O)CSC1=C(C#N)[C@@H](c2ccc(F)cc2)C2=C(CCCC2=O)N1. The van der Waals surface area contributed by atoms with Crippen molar-refractivity contribution in [2.75, 3.05) is 11.1 Å². The zero-order valence-electron chi connectivity index (χ0n) is 19.2. The highest BCUT2D eigenvalue weighted by Gasteiger charge is 2.37. The van der Waals surface area contributed by atoms with Crippen LogP contribution in [0.15, 0.2) is 70.4 Å². The van der Waals surface area contributed by atoms with Gasteiger partial charge in [-0.15, -0.1) is 0 Å². The Morgan fingerprint density at radius 2 is 1.94 bits per heavy atom. The van der Waals surface area contributed by atoms with Crippen molar-refractivity contribution >= 4 is 29.1 Å². The maximum absolute atomic E-state index is 13.6. The molecule has 174 valence electrons. The summed E-state index contributed by atoms with van der Waals surface area (Å²) in [4.78, 5) is 25.6. The molecule has 1 amide bonds. The van der Waals surface area contributed by atoms with Gasteiger partial charge >= 0.3 is 0 Å². The van der Waals surface area contributed by atoms with Crippen molar-refractivity contribution in [2.45, 2.75) is 44.9 Å². The zero-order valence-corrected chi connectivity index (χ0v) is 20.0. The molecule has 2 aromatic carbocycles. The summed E-state index contributed by atoms with van der Waals surface area (Å²) < 4.78 is 13.6. The number of Topliss-reactive ketones (excluding diaryl/α,β-unsaturated/α-hetero) is 1. The quantitative estimate of drug-likeness (QED) is 0.556. The third-order valence-electron chi connectivity index (χ3n) is 6.07. The molecule has 0 aromatic heterocycles.